The average molecular weight is 334 g/mol. The summed E-state index contributed by atoms with van der Waals surface area (Å²) < 4.78 is 5.02. The van der Waals surface area contributed by atoms with Gasteiger partial charge in [-0.15, -0.1) is 12.4 Å². The number of rotatable bonds is 6. The Labute approximate surface area is 138 Å². The number of carbonyl (C=O) groups is 2. The maximum Gasteiger partial charge on any atom is 0.240 e. The van der Waals surface area contributed by atoms with E-state index in [-0.39, 0.29) is 36.7 Å². The lowest BCUT2D eigenvalue weighted by Crippen LogP contribution is -2.57. The van der Waals surface area contributed by atoms with Gasteiger partial charge in [0.25, 0.3) is 0 Å². The second-order valence-corrected chi connectivity index (χ2v) is 5.93. The van der Waals surface area contributed by atoms with Crippen molar-refractivity contribution in [1.82, 2.24) is 15.5 Å². The highest BCUT2D eigenvalue weighted by atomic mass is 35.5. The Balaban J connectivity index is 0.00000242. The molecule has 22 heavy (non-hydrogen) atoms. The predicted octanol–water partition coefficient (Wildman–Crippen LogP) is 0.694. The molecule has 2 rings (SSSR count). The lowest BCUT2D eigenvalue weighted by molar-refractivity contribution is -0.139. The molecular formula is C15H28ClN3O3. The van der Waals surface area contributed by atoms with E-state index in [0.29, 0.717) is 25.7 Å². The minimum atomic E-state index is -0.390. The minimum Gasteiger partial charge on any atom is -0.383 e. The van der Waals surface area contributed by atoms with Gasteiger partial charge in [-0.1, -0.05) is 19.3 Å². The number of halogens is 1. The third-order valence-corrected chi connectivity index (χ3v) is 4.31. The van der Waals surface area contributed by atoms with Crippen LogP contribution in [0.4, 0.5) is 0 Å². The Morgan fingerprint density at radius 1 is 1.36 bits per heavy atom. The number of methoxy groups -OCH3 is 1. The molecule has 0 bridgehead atoms. The van der Waals surface area contributed by atoms with Crippen molar-refractivity contribution in [3.8, 4) is 0 Å². The van der Waals surface area contributed by atoms with E-state index in [2.05, 4.69) is 10.6 Å². The maximum atomic E-state index is 12.3. The molecule has 2 amide bonds. The van der Waals surface area contributed by atoms with Gasteiger partial charge in [-0.05, 0) is 12.8 Å². The van der Waals surface area contributed by atoms with E-state index in [4.69, 9.17) is 4.74 Å². The molecule has 0 aromatic heterocycles. The van der Waals surface area contributed by atoms with Crippen LogP contribution in [0.3, 0.4) is 0 Å². The Morgan fingerprint density at radius 3 is 2.77 bits per heavy atom. The average Bonchev–Trinajstić information content (AvgIpc) is 2.49. The van der Waals surface area contributed by atoms with Crippen LogP contribution in [0.5, 0.6) is 0 Å². The van der Waals surface area contributed by atoms with Crippen molar-refractivity contribution in [2.45, 2.75) is 50.6 Å². The van der Waals surface area contributed by atoms with E-state index in [1.807, 2.05) is 0 Å². The van der Waals surface area contributed by atoms with Crippen molar-refractivity contribution < 1.29 is 14.3 Å². The topological polar surface area (TPSA) is 70.7 Å². The molecule has 7 heteroatoms. The monoisotopic (exact) mass is 333 g/mol. The fraction of sp³-hybridized carbons (Fsp3) is 0.867. The van der Waals surface area contributed by atoms with Gasteiger partial charge in [-0.2, -0.15) is 0 Å². The first-order valence-corrected chi connectivity index (χ1v) is 8.01. The summed E-state index contributed by atoms with van der Waals surface area (Å²) in [6, 6.07) is -0.0891. The van der Waals surface area contributed by atoms with E-state index >= 15 is 0 Å². The number of carbonyl (C=O) groups excluding carboxylic acids is 2. The van der Waals surface area contributed by atoms with Crippen LogP contribution in [0.1, 0.15) is 38.5 Å². The fourth-order valence-electron chi connectivity index (χ4n) is 3.09. The molecule has 0 aromatic carbocycles. The van der Waals surface area contributed by atoms with Gasteiger partial charge in [0.1, 0.15) is 0 Å². The van der Waals surface area contributed by atoms with E-state index in [9.17, 15) is 9.59 Å². The summed E-state index contributed by atoms with van der Waals surface area (Å²) in [5, 5.41) is 6.22. The van der Waals surface area contributed by atoms with Crippen molar-refractivity contribution in [2.24, 2.45) is 0 Å². The van der Waals surface area contributed by atoms with E-state index in [0.717, 1.165) is 19.4 Å². The molecule has 2 aliphatic rings. The summed E-state index contributed by atoms with van der Waals surface area (Å²) in [7, 11) is 1.63. The van der Waals surface area contributed by atoms with Crippen molar-refractivity contribution >= 4 is 24.2 Å². The predicted molar refractivity (Wildman–Crippen MR) is 87.1 cm³/mol. The molecule has 1 atom stereocenters. The van der Waals surface area contributed by atoms with E-state index in [1.165, 1.54) is 19.3 Å². The van der Waals surface area contributed by atoms with Gasteiger partial charge in [-0.3, -0.25) is 9.59 Å². The minimum absolute atomic E-state index is 0. The van der Waals surface area contributed by atoms with Crippen LogP contribution in [0.2, 0.25) is 0 Å². The van der Waals surface area contributed by atoms with Crippen LogP contribution in [0.25, 0.3) is 0 Å². The Kier molecular flexibility index (Phi) is 8.75. The molecule has 1 saturated carbocycles. The Hall–Kier alpha value is -0.850. The number of ether oxygens (including phenoxy) is 1. The molecule has 2 fully saturated rings. The third-order valence-electron chi connectivity index (χ3n) is 4.31. The number of hydrogen-bond acceptors (Lipinski definition) is 4. The summed E-state index contributed by atoms with van der Waals surface area (Å²) in [4.78, 5) is 26.2. The molecule has 0 spiro atoms. The zero-order chi connectivity index (χ0) is 15.1. The SMILES string of the molecule is COCCN1CCNC(CC(=O)NC2CCCCC2)C1=O.Cl. The van der Waals surface area contributed by atoms with Crippen LogP contribution >= 0.6 is 12.4 Å². The van der Waals surface area contributed by atoms with Gasteiger partial charge in [0.15, 0.2) is 0 Å². The first-order valence-electron chi connectivity index (χ1n) is 8.01. The molecule has 128 valence electrons. The molecule has 0 radical (unpaired) electrons. The standard InChI is InChI=1S/C15H27N3O3.ClH/c1-21-10-9-18-8-7-16-13(15(18)20)11-14(19)17-12-5-3-2-4-6-12;/h12-13,16H,2-11H2,1H3,(H,17,19);1H. The molecular weight excluding hydrogens is 306 g/mol. The summed E-state index contributed by atoms with van der Waals surface area (Å²) in [6.07, 6.45) is 6.02. The Morgan fingerprint density at radius 2 is 2.09 bits per heavy atom. The van der Waals surface area contributed by atoms with Gasteiger partial charge in [0.05, 0.1) is 19.1 Å². The van der Waals surface area contributed by atoms with Gasteiger partial charge in [-0.25, -0.2) is 0 Å². The molecule has 1 heterocycles. The number of piperazine rings is 1. The number of amides is 2. The fourth-order valence-corrected chi connectivity index (χ4v) is 3.09. The number of hydrogen-bond donors (Lipinski definition) is 2. The second kappa shape index (κ2) is 10.0. The first-order chi connectivity index (χ1) is 10.2. The van der Waals surface area contributed by atoms with Crippen LogP contribution in [-0.4, -0.2) is 62.1 Å². The molecule has 0 aromatic rings. The molecule has 6 nitrogen and oxygen atoms in total. The normalized spacial score (nSPS) is 23.0. The van der Waals surface area contributed by atoms with Crippen LogP contribution in [0, 0.1) is 0 Å². The molecule has 2 N–H and O–H groups in total. The van der Waals surface area contributed by atoms with Gasteiger partial charge in [0, 0.05) is 32.8 Å². The molecule has 1 aliphatic heterocycles. The highest BCUT2D eigenvalue weighted by Gasteiger charge is 2.30. The molecule has 1 aliphatic carbocycles. The van der Waals surface area contributed by atoms with Crippen LogP contribution in [-0.2, 0) is 14.3 Å². The molecule has 1 unspecified atom stereocenters. The van der Waals surface area contributed by atoms with Crippen LogP contribution in [0.15, 0.2) is 0 Å². The Bertz CT molecular complexity index is 362. The summed E-state index contributed by atoms with van der Waals surface area (Å²) in [6.45, 7) is 2.55. The quantitative estimate of drug-likeness (QED) is 0.750. The summed E-state index contributed by atoms with van der Waals surface area (Å²) in [5.41, 5.74) is 0. The van der Waals surface area contributed by atoms with Crippen LogP contribution < -0.4 is 10.6 Å². The van der Waals surface area contributed by atoms with E-state index < -0.39 is 0 Å². The first kappa shape index (κ1) is 19.2. The van der Waals surface area contributed by atoms with Crippen molar-refractivity contribution in [3.63, 3.8) is 0 Å². The maximum absolute atomic E-state index is 12.3. The third kappa shape index (κ3) is 5.74. The summed E-state index contributed by atoms with van der Waals surface area (Å²) in [5.74, 6) is -0.00145. The number of nitrogens with one attached hydrogen (secondary N) is 2. The number of nitrogens with zero attached hydrogens (tertiary/aromatic N) is 1. The highest BCUT2D eigenvalue weighted by molar-refractivity contribution is 5.89. The summed E-state index contributed by atoms with van der Waals surface area (Å²) >= 11 is 0. The van der Waals surface area contributed by atoms with Gasteiger partial charge >= 0.3 is 0 Å². The van der Waals surface area contributed by atoms with Gasteiger partial charge < -0.3 is 20.3 Å². The smallest absolute Gasteiger partial charge is 0.240 e. The highest BCUT2D eigenvalue weighted by Crippen LogP contribution is 2.17. The zero-order valence-corrected chi connectivity index (χ0v) is 14.1. The lowest BCUT2D eigenvalue weighted by Gasteiger charge is -2.33. The van der Waals surface area contributed by atoms with Crippen molar-refractivity contribution in [1.29, 1.82) is 0 Å². The van der Waals surface area contributed by atoms with E-state index in [1.54, 1.807) is 12.0 Å². The molecule has 1 saturated heterocycles. The van der Waals surface area contributed by atoms with Crippen molar-refractivity contribution in [3.05, 3.63) is 0 Å². The van der Waals surface area contributed by atoms with Gasteiger partial charge in [0.2, 0.25) is 11.8 Å². The second-order valence-electron chi connectivity index (χ2n) is 5.93. The largest absolute Gasteiger partial charge is 0.383 e. The zero-order valence-electron chi connectivity index (χ0n) is 13.3. The van der Waals surface area contributed by atoms with Crippen molar-refractivity contribution in [2.75, 3.05) is 33.4 Å². The lowest BCUT2D eigenvalue weighted by atomic mass is 9.95.